The number of hydrogen-bond donors (Lipinski definition) is 1. The first-order valence-corrected chi connectivity index (χ1v) is 9.90. The van der Waals surface area contributed by atoms with Crippen molar-refractivity contribution in [3.63, 3.8) is 0 Å². The predicted molar refractivity (Wildman–Crippen MR) is 111 cm³/mol. The minimum atomic E-state index is -4.58. The first kappa shape index (κ1) is 20.4. The van der Waals surface area contributed by atoms with Crippen molar-refractivity contribution in [3.05, 3.63) is 69.2 Å². The number of nitrogens with zero attached hydrogens (tertiary/aromatic N) is 2. The van der Waals surface area contributed by atoms with E-state index >= 15 is 0 Å². The van der Waals surface area contributed by atoms with E-state index in [1.807, 2.05) is 24.3 Å². The van der Waals surface area contributed by atoms with Gasteiger partial charge in [0.1, 0.15) is 17.1 Å². The summed E-state index contributed by atoms with van der Waals surface area (Å²) in [5.74, 6) is -0.370. The number of hydrogen-bond acceptors (Lipinski definition) is 4. The number of rotatable bonds is 3. The van der Waals surface area contributed by atoms with Gasteiger partial charge in [0.2, 0.25) is 5.91 Å². The lowest BCUT2D eigenvalue weighted by Crippen LogP contribution is -2.29. The highest BCUT2D eigenvalue weighted by Gasteiger charge is 2.31. The molecule has 1 amide bonds. The Morgan fingerprint density at radius 3 is 2.70 bits per heavy atom. The summed E-state index contributed by atoms with van der Waals surface area (Å²) < 4.78 is 41.2. The summed E-state index contributed by atoms with van der Waals surface area (Å²) in [7, 11) is 0. The van der Waals surface area contributed by atoms with Gasteiger partial charge in [-0.15, -0.1) is 11.3 Å². The van der Waals surface area contributed by atoms with Crippen LogP contribution in [-0.4, -0.2) is 15.5 Å². The van der Waals surface area contributed by atoms with Crippen molar-refractivity contribution in [1.82, 2.24) is 9.55 Å². The number of carbonyl (C=O) groups excluding carboxylic acids is 1. The van der Waals surface area contributed by atoms with Gasteiger partial charge in [-0.25, -0.2) is 4.98 Å². The van der Waals surface area contributed by atoms with Crippen LogP contribution in [0.4, 0.5) is 18.9 Å². The zero-order valence-electron chi connectivity index (χ0n) is 15.4. The number of fused-ring (bicyclic) bond motifs is 3. The molecule has 0 saturated carbocycles. The molecule has 0 unspecified atom stereocenters. The summed E-state index contributed by atoms with van der Waals surface area (Å²) >= 11 is 7.19. The highest BCUT2D eigenvalue weighted by molar-refractivity contribution is 7.25. The third-order valence-electron chi connectivity index (χ3n) is 4.54. The van der Waals surface area contributed by atoms with E-state index in [1.54, 1.807) is 6.92 Å². The summed E-state index contributed by atoms with van der Waals surface area (Å²) in [6, 6.07) is 10.1. The molecule has 0 aliphatic carbocycles. The zero-order chi connectivity index (χ0) is 21.6. The second-order valence-electron chi connectivity index (χ2n) is 6.57. The van der Waals surface area contributed by atoms with Crippen LogP contribution >= 0.6 is 22.9 Å². The first-order valence-electron chi connectivity index (χ1n) is 8.70. The molecule has 0 fully saturated rings. The number of halogens is 4. The van der Waals surface area contributed by atoms with E-state index in [4.69, 9.17) is 11.6 Å². The number of carbonyl (C=O) groups is 1. The Kier molecular flexibility index (Phi) is 5.03. The average Bonchev–Trinajstić information content (AvgIpc) is 3.05. The van der Waals surface area contributed by atoms with E-state index in [1.165, 1.54) is 15.9 Å². The molecule has 0 aliphatic rings. The minimum Gasteiger partial charge on any atom is -0.323 e. The van der Waals surface area contributed by atoms with Crippen LogP contribution in [-0.2, 0) is 17.5 Å². The molecule has 0 atom stereocenters. The smallest absolute Gasteiger partial charge is 0.323 e. The third kappa shape index (κ3) is 3.66. The fourth-order valence-corrected chi connectivity index (χ4v) is 4.35. The van der Waals surface area contributed by atoms with E-state index < -0.39 is 24.2 Å². The van der Waals surface area contributed by atoms with Gasteiger partial charge in [0.25, 0.3) is 5.56 Å². The number of anilines is 1. The Hall–Kier alpha value is -2.91. The van der Waals surface area contributed by atoms with Crippen LogP contribution in [0.5, 0.6) is 0 Å². The first-order chi connectivity index (χ1) is 14.1. The van der Waals surface area contributed by atoms with Crippen LogP contribution < -0.4 is 10.9 Å². The summed E-state index contributed by atoms with van der Waals surface area (Å²) in [5.41, 5.74) is -0.943. The molecule has 10 heteroatoms. The molecular weight excluding hydrogens is 439 g/mol. The normalized spacial score (nSPS) is 11.9. The molecule has 4 rings (SSSR count). The van der Waals surface area contributed by atoms with Crippen molar-refractivity contribution in [1.29, 1.82) is 0 Å². The van der Waals surface area contributed by atoms with Gasteiger partial charge in [0, 0.05) is 10.1 Å². The maximum absolute atomic E-state index is 12.9. The van der Waals surface area contributed by atoms with Crippen molar-refractivity contribution in [3.8, 4) is 0 Å². The number of benzene rings is 2. The highest BCUT2D eigenvalue weighted by Crippen LogP contribution is 2.34. The Labute approximate surface area is 176 Å². The Bertz CT molecular complexity index is 1360. The van der Waals surface area contributed by atoms with Gasteiger partial charge >= 0.3 is 6.18 Å². The number of aryl methyl sites for hydroxylation is 1. The van der Waals surface area contributed by atoms with E-state index in [0.29, 0.717) is 16.0 Å². The zero-order valence-corrected chi connectivity index (χ0v) is 17.0. The number of aromatic nitrogens is 2. The van der Waals surface area contributed by atoms with Gasteiger partial charge in [0.05, 0.1) is 21.8 Å². The van der Waals surface area contributed by atoms with E-state index in [0.717, 1.165) is 28.3 Å². The monoisotopic (exact) mass is 451 g/mol. The lowest BCUT2D eigenvalue weighted by atomic mass is 10.2. The highest BCUT2D eigenvalue weighted by atomic mass is 35.5. The molecule has 30 heavy (non-hydrogen) atoms. The van der Waals surface area contributed by atoms with Crippen molar-refractivity contribution in [2.75, 3.05) is 5.32 Å². The van der Waals surface area contributed by atoms with Gasteiger partial charge in [-0.3, -0.25) is 14.2 Å². The lowest BCUT2D eigenvalue weighted by Gasteiger charge is -2.13. The fourth-order valence-electron chi connectivity index (χ4n) is 3.10. The van der Waals surface area contributed by atoms with Crippen LogP contribution in [0.1, 0.15) is 11.4 Å². The van der Waals surface area contributed by atoms with Gasteiger partial charge in [-0.1, -0.05) is 29.8 Å². The third-order valence-corrected chi connectivity index (χ3v) is 6.02. The van der Waals surface area contributed by atoms with Crippen molar-refractivity contribution in [2.45, 2.75) is 19.6 Å². The summed E-state index contributed by atoms with van der Waals surface area (Å²) in [6.07, 6.45) is -4.58. The van der Waals surface area contributed by atoms with Crippen LogP contribution in [0, 0.1) is 6.92 Å². The maximum atomic E-state index is 12.9. The Morgan fingerprint density at radius 2 is 1.97 bits per heavy atom. The molecule has 2 aromatic carbocycles. The quantitative estimate of drug-likeness (QED) is 0.464. The number of thiophene rings is 1. The van der Waals surface area contributed by atoms with Gasteiger partial charge in [-0.2, -0.15) is 13.2 Å². The number of amides is 1. The predicted octanol–water partition coefficient (Wildman–Crippen LogP) is 5.23. The minimum absolute atomic E-state index is 0.0431. The molecule has 0 aliphatic heterocycles. The molecule has 2 aromatic heterocycles. The molecule has 154 valence electrons. The Morgan fingerprint density at radius 1 is 1.23 bits per heavy atom. The Balaban J connectivity index is 1.67. The van der Waals surface area contributed by atoms with Crippen molar-refractivity contribution in [2.24, 2.45) is 0 Å². The molecule has 2 heterocycles. The van der Waals surface area contributed by atoms with Crippen LogP contribution in [0.3, 0.4) is 0 Å². The number of nitrogens with one attached hydrogen (secondary N) is 1. The number of alkyl halides is 3. The van der Waals surface area contributed by atoms with E-state index in [9.17, 15) is 22.8 Å². The van der Waals surface area contributed by atoms with Crippen molar-refractivity contribution < 1.29 is 18.0 Å². The molecule has 1 N–H and O–H groups in total. The second-order valence-corrected chi connectivity index (χ2v) is 8.03. The van der Waals surface area contributed by atoms with Crippen molar-refractivity contribution >= 4 is 54.8 Å². The largest absolute Gasteiger partial charge is 0.416 e. The summed E-state index contributed by atoms with van der Waals surface area (Å²) in [5, 5.41) is 3.15. The van der Waals surface area contributed by atoms with Crippen LogP contribution in [0.2, 0.25) is 5.02 Å². The van der Waals surface area contributed by atoms with E-state index in [-0.39, 0.29) is 16.3 Å². The average molecular weight is 452 g/mol. The molecule has 0 radical (unpaired) electrons. The van der Waals surface area contributed by atoms with E-state index in [2.05, 4.69) is 10.3 Å². The summed E-state index contributed by atoms with van der Waals surface area (Å²) in [6.45, 7) is 1.19. The molecule has 4 aromatic rings. The standard InChI is InChI=1S/C20H13ClF3N3O2S/c1-10-25-17-12-4-2-3-5-15(12)30-18(17)19(29)27(10)9-16(28)26-14-8-11(20(22,23)24)6-7-13(14)21/h2-8H,9H2,1H3,(H,26,28). The molecule has 0 spiro atoms. The van der Waals surface area contributed by atoms with Gasteiger partial charge < -0.3 is 5.32 Å². The molecule has 0 saturated heterocycles. The van der Waals surface area contributed by atoms with Gasteiger partial charge in [-0.05, 0) is 31.2 Å². The second kappa shape index (κ2) is 7.41. The fraction of sp³-hybridized carbons (Fsp3) is 0.150. The summed E-state index contributed by atoms with van der Waals surface area (Å²) in [4.78, 5) is 29.9. The van der Waals surface area contributed by atoms with Crippen LogP contribution in [0.15, 0.2) is 47.3 Å². The molecular formula is C20H13ClF3N3O2S. The van der Waals surface area contributed by atoms with Crippen LogP contribution in [0.25, 0.3) is 20.3 Å². The molecule has 0 bridgehead atoms. The molecule has 5 nitrogen and oxygen atoms in total. The SMILES string of the molecule is Cc1nc2c(sc3ccccc32)c(=O)n1CC(=O)Nc1cc(C(F)(F)F)ccc1Cl. The maximum Gasteiger partial charge on any atom is 0.416 e. The lowest BCUT2D eigenvalue weighted by molar-refractivity contribution is -0.137. The topological polar surface area (TPSA) is 64.0 Å². The van der Waals surface area contributed by atoms with Gasteiger partial charge in [0.15, 0.2) is 0 Å².